The number of nitrogens with one attached hydrogen (secondary N) is 1. The fourth-order valence-electron chi connectivity index (χ4n) is 3.78. The van der Waals surface area contributed by atoms with E-state index < -0.39 is 10.0 Å². The minimum atomic E-state index is -3.69. The molecule has 1 N–H and O–H groups in total. The van der Waals surface area contributed by atoms with E-state index in [1.54, 1.807) is 30.5 Å². The highest BCUT2D eigenvalue weighted by Gasteiger charge is 2.30. The molecule has 1 aliphatic rings. The van der Waals surface area contributed by atoms with Crippen molar-refractivity contribution >= 4 is 26.8 Å². The van der Waals surface area contributed by atoms with E-state index in [4.69, 9.17) is 0 Å². The van der Waals surface area contributed by atoms with Gasteiger partial charge >= 0.3 is 0 Å². The first-order valence-electron chi connectivity index (χ1n) is 10.4. The quantitative estimate of drug-likeness (QED) is 0.616. The predicted molar refractivity (Wildman–Crippen MR) is 120 cm³/mol. The van der Waals surface area contributed by atoms with Gasteiger partial charge in [-0.25, -0.2) is 12.8 Å². The molecular weight excluding hydrogens is 431 g/mol. The van der Waals surface area contributed by atoms with Crippen molar-refractivity contribution in [3.63, 3.8) is 0 Å². The fraction of sp³-hybridized carbons (Fsp3) is 0.304. The number of sulfonamides is 1. The zero-order valence-electron chi connectivity index (χ0n) is 17.8. The van der Waals surface area contributed by atoms with E-state index in [2.05, 4.69) is 10.3 Å². The molecule has 1 amide bonds. The Morgan fingerprint density at radius 3 is 2.53 bits per heavy atom. The second-order valence-corrected chi connectivity index (χ2v) is 9.83. The van der Waals surface area contributed by atoms with Crippen LogP contribution in [0.25, 0.3) is 10.9 Å². The third kappa shape index (κ3) is 4.95. The zero-order valence-corrected chi connectivity index (χ0v) is 18.6. The summed E-state index contributed by atoms with van der Waals surface area (Å²) in [5.74, 6) is -0.471. The maximum atomic E-state index is 13.3. The van der Waals surface area contributed by atoms with Crippen LogP contribution < -0.4 is 5.32 Å². The van der Waals surface area contributed by atoms with Gasteiger partial charge in [0.05, 0.1) is 12.1 Å². The Kier molecular flexibility index (Phi) is 6.50. The third-order valence-corrected chi connectivity index (χ3v) is 7.46. The number of amides is 1. The number of piperazine rings is 1. The maximum absolute atomic E-state index is 13.3. The topological polar surface area (TPSA) is 82.6 Å². The lowest BCUT2D eigenvalue weighted by Crippen LogP contribution is -2.51. The molecule has 32 heavy (non-hydrogen) atoms. The van der Waals surface area contributed by atoms with Gasteiger partial charge in [0, 0.05) is 44.3 Å². The summed E-state index contributed by atoms with van der Waals surface area (Å²) in [6.07, 6.45) is 1.67. The number of para-hydroxylation sites is 1. The Morgan fingerprint density at radius 1 is 1.09 bits per heavy atom. The van der Waals surface area contributed by atoms with Crippen molar-refractivity contribution < 1.29 is 17.6 Å². The van der Waals surface area contributed by atoms with Crippen molar-refractivity contribution in [1.82, 2.24) is 19.5 Å². The van der Waals surface area contributed by atoms with Crippen LogP contribution in [0.5, 0.6) is 0 Å². The number of fused-ring (bicyclic) bond motifs is 1. The maximum Gasteiger partial charge on any atom is 0.245 e. The van der Waals surface area contributed by atoms with Gasteiger partial charge < -0.3 is 5.32 Å². The number of hydrogen-bond donors (Lipinski definition) is 1. The minimum absolute atomic E-state index is 0.153. The van der Waals surface area contributed by atoms with Crippen LogP contribution in [-0.4, -0.2) is 61.2 Å². The Bertz CT molecular complexity index is 1220. The molecule has 0 saturated carbocycles. The van der Waals surface area contributed by atoms with Crippen LogP contribution in [0.15, 0.2) is 59.6 Å². The summed E-state index contributed by atoms with van der Waals surface area (Å²) in [6.45, 7) is 3.94. The molecular formula is C23H25FN4O3S. The second-order valence-electron chi connectivity index (χ2n) is 7.92. The normalized spacial score (nSPS) is 15.7. The van der Waals surface area contributed by atoms with E-state index in [1.807, 2.05) is 24.0 Å². The number of benzene rings is 2. The molecule has 4 rings (SSSR count). The number of nitrogens with zero attached hydrogens (tertiary/aromatic N) is 3. The SMILES string of the molecule is Cc1cnc2c(S(=O)(=O)N3CCN(CC(=O)NCc4ccc(F)cc4)CC3)cccc2c1. The Hall–Kier alpha value is -2.88. The smallest absolute Gasteiger partial charge is 0.245 e. The van der Waals surface area contributed by atoms with Gasteiger partial charge in [0.15, 0.2) is 0 Å². The van der Waals surface area contributed by atoms with E-state index in [0.717, 1.165) is 16.5 Å². The summed E-state index contributed by atoms with van der Waals surface area (Å²) >= 11 is 0. The van der Waals surface area contributed by atoms with Crippen molar-refractivity contribution in [2.45, 2.75) is 18.4 Å². The van der Waals surface area contributed by atoms with Gasteiger partial charge in [-0.1, -0.05) is 24.3 Å². The number of hydrogen-bond acceptors (Lipinski definition) is 5. The van der Waals surface area contributed by atoms with E-state index in [0.29, 0.717) is 38.2 Å². The van der Waals surface area contributed by atoms with Crippen LogP contribution in [-0.2, 0) is 21.4 Å². The van der Waals surface area contributed by atoms with E-state index in [-0.39, 0.29) is 23.2 Å². The number of carbonyl (C=O) groups excluding carboxylic acids is 1. The van der Waals surface area contributed by atoms with Gasteiger partial charge in [-0.2, -0.15) is 4.31 Å². The molecule has 0 radical (unpaired) electrons. The standard InChI is InChI=1S/C23H25FN4O3S/c1-17-13-19-3-2-4-21(23(19)26-14-17)32(30,31)28-11-9-27(10-12-28)16-22(29)25-15-18-5-7-20(24)8-6-18/h2-8,13-14H,9-12,15-16H2,1H3,(H,25,29). The lowest BCUT2D eigenvalue weighted by Gasteiger charge is -2.33. The van der Waals surface area contributed by atoms with Crippen LogP contribution >= 0.6 is 0 Å². The van der Waals surface area contributed by atoms with Crippen molar-refractivity contribution in [2.24, 2.45) is 0 Å². The fourth-order valence-corrected chi connectivity index (χ4v) is 5.37. The van der Waals surface area contributed by atoms with Gasteiger partial charge in [0.2, 0.25) is 15.9 Å². The Balaban J connectivity index is 1.35. The number of rotatable bonds is 6. The molecule has 1 aromatic heterocycles. The van der Waals surface area contributed by atoms with Gasteiger partial charge in [0.1, 0.15) is 10.7 Å². The predicted octanol–water partition coefficient (Wildman–Crippen LogP) is 2.31. The molecule has 2 aromatic carbocycles. The lowest BCUT2D eigenvalue weighted by molar-refractivity contribution is -0.122. The average molecular weight is 457 g/mol. The molecule has 1 saturated heterocycles. The molecule has 2 heterocycles. The lowest BCUT2D eigenvalue weighted by atomic mass is 10.2. The molecule has 1 fully saturated rings. The highest BCUT2D eigenvalue weighted by atomic mass is 32.2. The van der Waals surface area contributed by atoms with E-state index >= 15 is 0 Å². The Labute approximate surface area is 186 Å². The monoisotopic (exact) mass is 456 g/mol. The second kappa shape index (κ2) is 9.32. The van der Waals surface area contributed by atoms with E-state index in [1.165, 1.54) is 16.4 Å². The molecule has 3 aromatic rings. The summed E-state index contributed by atoms with van der Waals surface area (Å²) in [5, 5.41) is 3.61. The molecule has 0 bridgehead atoms. The average Bonchev–Trinajstić information content (AvgIpc) is 2.78. The Morgan fingerprint density at radius 2 is 1.81 bits per heavy atom. The van der Waals surface area contributed by atoms with Crippen LogP contribution in [0.3, 0.4) is 0 Å². The van der Waals surface area contributed by atoms with Crippen molar-refractivity contribution in [3.05, 3.63) is 71.7 Å². The zero-order chi connectivity index (χ0) is 22.7. The van der Waals surface area contributed by atoms with Crippen LogP contribution in [0.4, 0.5) is 4.39 Å². The van der Waals surface area contributed by atoms with E-state index in [9.17, 15) is 17.6 Å². The first-order valence-corrected chi connectivity index (χ1v) is 11.9. The van der Waals surface area contributed by atoms with Crippen LogP contribution in [0.1, 0.15) is 11.1 Å². The van der Waals surface area contributed by atoms with Gasteiger partial charge in [-0.3, -0.25) is 14.7 Å². The van der Waals surface area contributed by atoms with Crippen LogP contribution in [0.2, 0.25) is 0 Å². The first-order chi connectivity index (χ1) is 15.3. The number of halogens is 1. The van der Waals surface area contributed by atoms with Gasteiger partial charge in [0.25, 0.3) is 0 Å². The minimum Gasteiger partial charge on any atom is -0.351 e. The molecule has 0 unspecified atom stereocenters. The van der Waals surface area contributed by atoms with Gasteiger partial charge in [-0.15, -0.1) is 0 Å². The molecule has 1 aliphatic heterocycles. The largest absolute Gasteiger partial charge is 0.351 e. The highest BCUT2D eigenvalue weighted by Crippen LogP contribution is 2.25. The van der Waals surface area contributed by atoms with Crippen LogP contribution in [0, 0.1) is 12.7 Å². The first kappa shape index (κ1) is 22.3. The summed E-state index contributed by atoms with van der Waals surface area (Å²) in [5.41, 5.74) is 2.26. The third-order valence-electron chi connectivity index (χ3n) is 5.53. The molecule has 0 atom stereocenters. The highest BCUT2D eigenvalue weighted by molar-refractivity contribution is 7.89. The summed E-state index contributed by atoms with van der Waals surface area (Å²) in [7, 11) is -3.69. The molecule has 7 nitrogen and oxygen atoms in total. The molecule has 168 valence electrons. The summed E-state index contributed by atoms with van der Waals surface area (Å²) in [4.78, 5) is 18.8. The molecule has 0 spiro atoms. The van der Waals surface area contributed by atoms with Crippen molar-refractivity contribution in [2.75, 3.05) is 32.7 Å². The summed E-state index contributed by atoms with van der Waals surface area (Å²) < 4.78 is 40.9. The van der Waals surface area contributed by atoms with Gasteiger partial charge in [-0.05, 0) is 42.3 Å². The summed E-state index contributed by atoms with van der Waals surface area (Å²) in [6, 6.07) is 13.1. The van der Waals surface area contributed by atoms with Crippen molar-refractivity contribution in [3.8, 4) is 0 Å². The van der Waals surface area contributed by atoms with Crippen molar-refractivity contribution in [1.29, 1.82) is 0 Å². The number of pyridine rings is 1. The molecule has 0 aliphatic carbocycles. The number of carbonyl (C=O) groups is 1. The molecule has 9 heteroatoms. The number of aromatic nitrogens is 1. The number of aryl methyl sites for hydroxylation is 1.